The van der Waals surface area contributed by atoms with E-state index < -0.39 is 5.54 Å². The molecule has 128 valence electrons. The second kappa shape index (κ2) is 5.53. The maximum Gasteiger partial charge on any atom is 0.182 e. The van der Waals surface area contributed by atoms with E-state index >= 15 is 0 Å². The zero-order valence-corrected chi connectivity index (χ0v) is 15.1. The maximum absolute atomic E-state index is 13.2. The molecule has 2 aliphatic carbocycles. The maximum atomic E-state index is 13.2. The molecule has 1 unspecified atom stereocenters. The predicted octanol–water partition coefficient (Wildman–Crippen LogP) is 2.37. The number of nitrogens with one attached hydrogen (secondary N) is 2. The van der Waals surface area contributed by atoms with Crippen molar-refractivity contribution in [2.24, 2.45) is 5.41 Å². The summed E-state index contributed by atoms with van der Waals surface area (Å²) in [6.07, 6.45) is 5.23. The molecule has 4 rings (SSSR count). The standard InChI is InChI=1S/C19H24N2O2S/c1-12-3-4-13-10-18(7-5-14(23-2)6-8-18)19(15(13)9-12)16(22)11-20-17(24)21-19/h3-4,9,14H,5-8,10-11H2,1-2H3,(H2,20,21,24). The molecule has 1 heterocycles. The highest BCUT2D eigenvalue weighted by atomic mass is 32.1. The number of hydrogen-bond donors (Lipinski definition) is 2. The van der Waals surface area contributed by atoms with Gasteiger partial charge in [-0.3, -0.25) is 4.79 Å². The van der Waals surface area contributed by atoms with Crippen molar-refractivity contribution in [2.45, 2.75) is 50.7 Å². The smallest absolute Gasteiger partial charge is 0.182 e. The normalized spacial score (nSPS) is 35.0. The Morgan fingerprint density at radius 2 is 2.04 bits per heavy atom. The minimum absolute atomic E-state index is 0.0958. The molecule has 1 aliphatic heterocycles. The Bertz CT molecular complexity index is 709. The summed E-state index contributed by atoms with van der Waals surface area (Å²) in [5.74, 6) is 0.219. The summed E-state index contributed by atoms with van der Waals surface area (Å²) in [6.45, 7) is 2.40. The fourth-order valence-electron chi connectivity index (χ4n) is 5.13. The van der Waals surface area contributed by atoms with Crippen molar-refractivity contribution in [1.29, 1.82) is 0 Å². The van der Waals surface area contributed by atoms with Crippen LogP contribution < -0.4 is 10.6 Å². The van der Waals surface area contributed by atoms with E-state index in [1.165, 1.54) is 11.1 Å². The molecule has 1 saturated carbocycles. The number of hydrogen-bond acceptors (Lipinski definition) is 3. The Labute approximate surface area is 148 Å². The molecular weight excluding hydrogens is 320 g/mol. The molecule has 24 heavy (non-hydrogen) atoms. The summed E-state index contributed by atoms with van der Waals surface area (Å²) >= 11 is 5.43. The molecular formula is C19H24N2O2S. The minimum atomic E-state index is -0.671. The number of thiocarbonyl (C=S) groups is 1. The largest absolute Gasteiger partial charge is 0.381 e. The molecule has 0 radical (unpaired) electrons. The Morgan fingerprint density at radius 3 is 2.75 bits per heavy atom. The van der Waals surface area contributed by atoms with Crippen LogP contribution in [0.2, 0.25) is 0 Å². The molecule has 2 N–H and O–H groups in total. The summed E-state index contributed by atoms with van der Waals surface area (Å²) in [6, 6.07) is 6.53. The number of Topliss-reactive ketones (excluding diaryl/α,β-unsaturated/α-hetero) is 1. The third-order valence-electron chi connectivity index (χ3n) is 6.35. The van der Waals surface area contributed by atoms with E-state index in [1.54, 1.807) is 7.11 Å². The molecule has 0 amide bonds. The Hall–Kier alpha value is -1.46. The molecule has 2 fully saturated rings. The van der Waals surface area contributed by atoms with Gasteiger partial charge in [0.25, 0.3) is 0 Å². The zero-order valence-electron chi connectivity index (χ0n) is 14.3. The lowest BCUT2D eigenvalue weighted by molar-refractivity contribution is -0.133. The number of aryl methyl sites for hydroxylation is 1. The van der Waals surface area contributed by atoms with Gasteiger partial charge in [-0.25, -0.2) is 0 Å². The topological polar surface area (TPSA) is 50.4 Å². The first-order valence-electron chi connectivity index (χ1n) is 8.73. The lowest BCUT2D eigenvalue weighted by atomic mass is 9.59. The zero-order chi connectivity index (χ0) is 16.9. The lowest BCUT2D eigenvalue weighted by Gasteiger charge is -2.51. The Kier molecular flexibility index (Phi) is 3.69. The molecule has 0 aromatic heterocycles. The highest BCUT2D eigenvalue weighted by Crippen LogP contribution is 2.58. The van der Waals surface area contributed by atoms with Gasteiger partial charge in [0.1, 0.15) is 5.54 Å². The van der Waals surface area contributed by atoms with Crippen LogP contribution >= 0.6 is 12.2 Å². The number of fused-ring (bicyclic) bond motifs is 3. The summed E-state index contributed by atoms with van der Waals surface area (Å²) in [5.41, 5.74) is 2.86. The predicted molar refractivity (Wildman–Crippen MR) is 97.0 cm³/mol. The average molecular weight is 344 g/mol. The van der Waals surface area contributed by atoms with Gasteiger partial charge in [0.05, 0.1) is 12.6 Å². The first kappa shape index (κ1) is 16.0. The van der Waals surface area contributed by atoms with Crippen LogP contribution in [0, 0.1) is 12.3 Å². The Morgan fingerprint density at radius 1 is 1.29 bits per heavy atom. The third-order valence-corrected chi connectivity index (χ3v) is 6.59. The monoisotopic (exact) mass is 344 g/mol. The summed E-state index contributed by atoms with van der Waals surface area (Å²) in [7, 11) is 1.79. The van der Waals surface area contributed by atoms with Gasteiger partial charge in [0, 0.05) is 12.5 Å². The van der Waals surface area contributed by atoms with E-state index in [0.717, 1.165) is 37.7 Å². The summed E-state index contributed by atoms with van der Waals surface area (Å²) in [4.78, 5) is 13.2. The van der Waals surface area contributed by atoms with Crippen molar-refractivity contribution in [3.63, 3.8) is 0 Å². The minimum Gasteiger partial charge on any atom is -0.381 e. The second-order valence-electron chi connectivity index (χ2n) is 7.53. The Balaban J connectivity index is 1.86. The SMILES string of the molecule is COC1CCC2(CC1)Cc1ccc(C)cc1C21NC(=S)NCC1=O. The van der Waals surface area contributed by atoms with Gasteiger partial charge in [0.2, 0.25) is 0 Å². The first-order chi connectivity index (χ1) is 11.5. The molecule has 2 spiro atoms. The highest BCUT2D eigenvalue weighted by molar-refractivity contribution is 7.80. The van der Waals surface area contributed by atoms with Gasteiger partial charge in [-0.2, -0.15) is 0 Å². The number of methoxy groups -OCH3 is 1. The number of rotatable bonds is 1. The first-order valence-corrected chi connectivity index (χ1v) is 9.14. The molecule has 4 nitrogen and oxygen atoms in total. The number of ketones is 1. The van der Waals surface area contributed by atoms with Crippen LogP contribution in [0.4, 0.5) is 0 Å². The van der Waals surface area contributed by atoms with Crippen LogP contribution in [0.25, 0.3) is 0 Å². The van der Waals surface area contributed by atoms with Crippen molar-refractivity contribution >= 4 is 23.1 Å². The lowest BCUT2D eigenvalue weighted by Crippen LogP contribution is -2.68. The fraction of sp³-hybridized carbons (Fsp3) is 0.579. The molecule has 5 heteroatoms. The highest BCUT2D eigenvalue weighted by Gasteiger charge is 2.63. The molecule has 1 saturated heterocycles. The number of benzene rings is 1. The van der Waals surface area contributed by atoms with Crippen LogP contribution in [0.3, 0.4) is 0 Å². The van der Waals surface area contributed by atoms with Gasteiger partial charge in [-0.05, 0) is 62.4 Å². The second-order valence-corrected chi connectivity index (χ2v) is 7.94. The van der Waals surface area contributed by atoms with Crippen LogP contribution in [-0.2, 0) is 21.5 Å². The molecule has 1 aromatic rings. The van der Waals surface area contributed by atoms with E-state index in [2.05, 4.69) is 35.8 Å². The van der Waals surface area contributed by atoms with Gasteiger partial charge in [-0.15, -0.1) is 0 Å². The molecule has 1 aromatic carbocycles. The molecule has 0 bridgehead atoms. The molecule has 1 atom stereocenters. The van der Waals surface area contributed by atoms with Crippen LogP contribution in [0.15, 0.2) is 18.2 Å². The number of ether oxygens (including phenoxy) is 1. The van der Waals surface area contributed by atoms with Gasteiger partial charge >= 0.3 is 0 Å². The van der Waals surface area contributed by atoms with E-state index in [9.17, 15) is 4.79 Å². The van der Waals surface area contributed by atoms with Gasteiger partial charge in [-0.1, -0.05) is 23.8 Å². The van der Waals surface area contributed by atoms with Crippen LogP contribution in [0.1, 0.15) is 42.4 Å². The van der Waals surface area contributed by atoms with Crippen molar-refractivity contribution < 1.29 is 9.53 Å². The molecule has 3 aliphatic rings. The average Bonchev–Trinajstić information content (AvgIpc) is 2.82. The van der Waals surface area contributed by atoms with Gasteiger partial charge in [0.15, 0.2) is 10.9 Å². The quantitative estimate of drug-likeness (QED) is 0.766. The van der Waals surface area contributed by atoms with Crippen LogP contribution in [-0.4, -0.2) is 30.7 Å². The third kappa shape index (κ3) is 2.07. The van der Waals surface area contributed by atoms with Gasteiger partial charge < -0.3 is 15.4 Å². The van der Waals surface area contributed by atoms with E-state index in [1.807, 2.05) is 0 Å². The summed E-state index contributed by atoms with van der Waals surface area (Å²) in [5, 5.41) is 7.06. The summed E-state index contributed by atoms with van der Waals surface area (Å²) < 4.78 is 5.57. The van der Waals surface area contributed by atoms with Crippen molar-refractivity contribution in [3.05, 3.63) is 34.9 Å². The van der Waals surface area contributed by atoms with E-state index in [0.29, 0.717) is 17.8 Å². The van der Waals surface area contributed by atoms with Crippen molar-refractivity contribution in [2.75, 3.05) is 13.7 Å². The van der Waals surface area contributed by atoms with Crippen molar-refractivity contribution in [1.82, 2.24) is 10.6 Å². The number of carbonyl (C=O) groups is 1. The van der Waals surface area contributed by atoms with Crippen LogP contribution in [0.5, 0.6) is 0 Å². The fourth-order valence-corrected chi connectivity index (χ4v) is 5.36. The van der Waals surface area contributed by atoms with Crippen molar-refractivity contribution in [3.8, 4) is 0 Å². The van der Waals surface area contributed by atoms with E-state index in [4.69, 9.17) is 17.0 Å². The number of carbonyl (C=O) groups excluding carboxylic acids is 1. The van der Waals surface area contributed by atoms with E-state index in [-0.39, 0.29) is 11.2 Å².